The van der Waals surface area contributed by atoms with Crippen LogP contribution in [0.25, 0.3) is 0 Å². The second-order valence-corrected chi connectivity index (χ2v) is 7.53. The second-order valence-electron chi connectivity index (χ2n) is 7.53. The number of urea groups is 1. The van der Waals surface area contributed by atoms with Crippen LogP contribution in [-0.2, 0) is 0 Å². The van der Waals surface area contributed by atoms with Crippen molar-refractivity contribution in [2.45, 2.75) is 69.4 Å². The average Bonchev–Trinajstić information content (AvgIpc) is 3.12. The molecule has 4 rings (SSSR count). The molecule has 1 saturated heterocycles. The molecule has 0 bridgehead atoms. The summed E-state index contributed by atoms with van der Waals surface area (Å²) in [6.07, 6.45) is 10.8. The van der Waals surface area contributed by atoms with Crippen molar-refractivity contribution in [1.29, 1.82) is 0 Å². The minimum absolute atomic E-state index is 0.0192. The maximum absolute atomic E-state index is 12.8. The highest BCUT2D eigenvalue weighted by Crippen LogP contribution is 2.41. The summed E-state index contributed by atoms with van der Waals surface area (Å²) >= 11 is 0. The number of carbonyl (C=O) groups is 1. The number of nitrogens with zero attached hydrogens (tertiary/aromatic N) is 4. The van der Waals surface area contributed by atoms with Gasteiger partial charge in [0.05, 0.1) is 6.04 Å². The van der Waals surface area contributed by atoms with Crippen LogP contribution < -0.4 is 0 Å². The van der Waals surface area contributed by atoms with Gasteiger partial charge < -0.3 is 10.0 Å². The number of amides is 2. The van der Waals surface area contributed by atoms with Gasteiger partial charge in [-0.15, -0.1) is 0 Å². The Hall–Kier alpha value is -1.56. The molecule has 2 saturated carbocycles. The Morgan fingerprint density at radius 1 is 1.17 bits per heavy atom. The smallest absolute Gasteiger partial charge is 0.322 e. The van der Waals surface area contributed by atoms with Crippen molar-refractivity contribution in [3.63, 3.8) is 0 Å². The highest BCUT2D eigenvalue weighted by Gasteiger charge is 2.34. The fourth-order valence-electron chi connectivity index (χ4n) is 4.36. The zero-order valence-corrected chi connectivity index (χ0v) is 14.3. The molecule has 1 aromatic rings. The maximum Gasteiger partial charge on any atom is 0.322 e. The summed E-state index contributed by atoms with van der Waals surface area (Å²) in [5, 5.41) is 14.2. The number of hydrogen-bond donors (Lipinski definition) is 1. The fraction of sp³-hybridized carbons (Fsp3) is 0.778. The Balaban J connectivity index is 1.36. The van der Waals surface area contributed by atoms with Gasteiger partial charge in [-0.1, -0.05) is 12.8 Å². The Labute approximate surface area is 143 Å². The number of carbonyl (C=O) groups excluding carboxylic acids is 1. The molecule has 1 N–H and O–H groups in total. The first kappa shape index (κ1) is 15.9. The van der Waals surface area contributed by atoms with Gasteiger partial charge in [-0.05, 0) is 44.6 Å². The summed E-state index contributed by atoms with van der Waals surface area (Å²) in [7, 11) is 0. The van der Waals surface area contributed by atoms with E-state index in [9.17, 15) is 9.90 Å². The SMILES string of the molecule is O=C(N1CCC(n2nccc2C2CC2)CC1)N(CO)C1CCCC1. The van der Waals surface area contributed by atoms with E-state index < -0.39 is 0 Å². The molecular formula is C18H28N4O2. The molecule has 3 aliphatic rings. The molecule has 6 heteroatoms. The number of aliphatic hydroxyl groups excluding tert-OH is 1. The van der Waals surface area contributed by atoms with E-state index in [0.717, 1.165) is 38.8 Å². The van der Waals surface area contributed by atoms with Crippen LogP contribution in [0.3, 0.4) is 0 Å². The largest absolute Gasteiger partial charge is 0.376 e. The number of rotatable bonds is 4. The number of likely N-dealkylation sites (tertiary alicyclic amines) is 1. The molecule has 2 amide bonds. The second kappa shape index (κ2) is 6.75. The third-order valence-corrected chi connectivity index (χ3v) is 5.94. The molecule has 0 atom stereocenters. The van der Waals surface area contributed by atoms with Gasteiger partial charge in [0.15, 0.2) is 0 Å². The van der Waals surface area contributed by atoms with Gasteiger partial charge in [0.25, 0.3) is 0 Å². The maximum atomic E-state index is 12.8. The van der Waals surface area contributed by atoms with E-state index in [1.165, 1.54) is 31.4 Å². The zero-order valence-electron chi connectivity index (χ0n) is 14.3. The molecule has 0 aromatic carbocycles. The molecule has 1 aromatic heterocycles. The Bertz CT molecular complexity index is 569. The third-order valence-electron chi connectivity index (χ3n) is 5.94. The lowest BCUT2D eigenvalue weighted by molar-refractivity contribution is 0.0634. The van der Waals surface area contributed by atoms with Crippen LogP contribution in [-0.4, -0.2) is 56.6 Å². The summed E-state index contributed by atoms with van der Waals surface area (Å²) in [5.74, 6) is 0.708. The molecule has 6 nitrogen and oxygen atoms in total. The van der Waals surface area contributed by atoms with Gasteiger partial charge in [0.2, 0.25) is 0 Å². The summed E-state index contributed by atoms with van der Waals surface area (Å²) in [6.45, 7) is 1.36. The van der Waals surface area contributed by atoms with E-state index in [1.54, 1.807) is 4.90 Å². The molecule has 0 unspecified atom stereocenters. The first-order valence-corrected chi connectivity index (χ1v) is 9.47. The van der Waals surface area contributed by atoms with E-state index in [2.05, 4.69) is 15.8 Å². The van der Waals surface area contributed by atoms with E-state index in [4.69, 9.17) is 0 Å². The van der Waals surface area contributed by atoms with Crippen LogP contribution in [0.4, 0.5) is 4.79 Å². The van der Waals surface area contributed by atoms with Gasteiger partial charge in [-0.2, -0.15) is 5.10 Å². The van der Waals surface area contributed by atoms with E-state index >= 15 is 0 Å². The minimum Gasteiger partial charge on any atom is -0.376 e. The monoisotopic (exact) mass is 332 g/mol. The fourth-order valence-corrected chi connectivity index (χ4v) is 4.36. The molecule has 0 radical (unpaired) electrons. The number of hydrogen-bond acceptors (Lipinski definition) is 3. The minimum atomic E-state index is -0.158. The number of aliphatic hydroxyl groups is 1. The number of aromatic nitrogens is 2. The molecule has 3 fully saturated rings. The predicted molar refractivity (Wildman–Crippen MR) is 90.6 cm³/mol. The lowest BCUT2D eigenvalue weighted by atomic mass is 10.0. The van der Waals surface area contributed by atoms with Crippen molar-refractivity contribution in [2.75, 3.05) is 19.8 Å². The molecule has 2 heterocycles. The van der Waals surface area contributed by atoms with Crippen molar-refractivity contribution in [1.82, 2.24) is 19.6 Å². The van der Waals surface area contributed by atoms with Crippen LogP contribution in [0.5, 0.6) is 0 Å². The van der Waals surface area contributed by atoms with E-state index in [0.29, 0.717) is 12.0 Å². The lowest BCUT2D eigenvalue weighted by Gasteiger charge is -2.37. The topological polar surface area (TPSA) is 61.6 Å². The van der Waals surface area contributed by atoms with Gasteiger partial charge in [-0.25, -0.2) is 4.79 Å². The van der Waals surface area contributed by atoms with Crippen molar-refractivity contribution in [3.8, 4) is 0 Å². The Morgan fingerprint density at radius 3 is 2.50 bits per heavy atom. The summed E-state index contributed by atoms with van der Waals surface area (Å²) < 4.78 is 2.21. The predicted octanol–water partition coefficient (Wildman–Crippen LogP) is 2.71. The molecule has 0 spiro atoms. The van der Waals surface area contributed by atoms with Gasteiger partial charge in [0.1, 0.15) is 6.73 Å². The quantitative estimate of drug-likeness (QED) is 0.862. The molecule has 2 aliphatic carbocycles. The zero-order chi connectivity index (χ0) is 16.5. The lowest BCUT2D eigenvalue weighted by Crippen LogP contribution is -2.50. The van der Waals surface area contributed by atoms with Gasteiger partial charge >= 0.3 is 6.03 Å². The Kier molecular flexibility index (Phi) is 4.48. The van der Waals surface area contributed by atoms with Crippen LogP contribution in [0, 0.1) is 0 Å². The van der Waals surface area contributed by atoms with E-state index in [-0.39, 0.29) is 18.8 Å². The van der Waals surface area contributed by atoms with Crippen LogP contribution >= 0.6 is 0 Å². The van der Waals surface area contributed by atoms with Crippen molar-refractivity contribution >= 4 is 6.03 Å². The van der Waals surface area contributed by atoms with Crippen molar-refractivity contribution < 1.29 is 9.90 Å². The first-order chi connectivity index (χ1) is 11.8. The normalized spacial score (nSPS) is 23.0. The molecule has 132 valence electrons. The van der Waals surface area contributed by atoms with E-state index in [1.807, 2.05) is 11.1 Å². The standard InChI is InChI=1S/C18H28N4O2/c23-13-21(15-3-1-2-4-15)18(24)20-11-8-16(9-12-20)22-17(7-10-19-22)14-5-6-14/h7,10,14-16,23H,1-6,8-9,11-13H2. The highest BCUT2D eigenvalue weighted by atomic mass is 16.3. The van der Waals surface area contributed by atoms with Crippen LogP contribution in [0.2, 0.25) is 0 Å². The Morgan fingerprint density at radius 2 is 1.88 bits per heavy atom. The molecular weight excluding hydrogens is 304 g/mol. The third kappa shape index (κ3) is 3.04. The highest BCUT2D eigenvalue weighted by molar-refractivity contribution is 5.74. The summed E-state index contributed by atoms with van der Waals surface area (Å²) in [4.78, 5) is 16.4. The molecule has 24 heavy (non-hydrogen) atoms. The summed E-state index contributed by atoms with van der Waals surface area (Å²) in [6, 6.07) is 2.82. The average molecular weight is 332 g/mol. The summed E-state index contributed by atoms with van der Waals surface area (Å²) in [5.41, 5.74) is 1.38. The van der Waals surface area contributed by atoms with Gasteiger partial charge in [-0.3, -0.25) is 9.58 Å². The first-order valence-electron chi connectivity index (χ1n) is 9.47. The van der Waals surface area contributed by atoms with Crippen LogP contribution in [0.1, 0.15) is 69.0 Å². The van der Waals surface area contributed by atoms with Crippen LogP contribution in [0.15, 0.2) is 12.3 Å². The van der Waals surface area contributed by atoms with Crippen molar-refractivity contribution in [2.24, 2.45) is 0 Å². The van der Waals surface area contributed by atoms with Crippen molar-refractivity contribution in [3.05, 3.63) is 18.0 Å². The number of piperidine rings is 1. The molecule has 1 aliphatic heterocycles. The van der Waals surface area contributed by atoms with Gasteiger partial charge in [0, 0.05) is 36.9 Å².